The first-order valence-corrected chi connectivity index (χ1v) is 37.4. The number of aliphatic hydroxyl groups is 1. The first-order valence-electron chi connectivity index (χ1n) is 36.3. The average Bonchev–Trinajstić information content (AvgIpc) is 1.83. The minimum Gasteiger partial charge on any atom is -0.469 e. The van der Waals surface area contributed by atoms with Crippen LogP contribution in [0.3, 0.4) is 0 Å². The number of aliphatic hydroxyl groups excluding tert-OH is 1. The highest BCUT2D eigenvalue weighted by atomic mass is 79.9. The third kappa shape index (κ3) is 59.9. The molecule has 0 aromatic rings. The highest BCUT2D eigenvalue weighted by Crippen LogP contribution is 2.22. The number of ether oxygens (including phenoxy) is 10. The van der Waals surface area contributed by atoms with E-state index in [4.69, 9.17) is 61.3 Å². The predicted octanol–water partition coefficient (Wildman–Crippen LogP) is 4.01. The van der Waals surface area contributed by atoms with E-state index >= 15 is 0 Å². The van der Waals surface area contributed by atoms with Gasteiger partial charge in [-0.1, -0.05) is 15.9 Å². The van der Waals surface area contributed by atoms with Crippen LogP contribution in [0, 0.1) is 74.9 Å². The largest absolute Gasteiger partial charge is 0.469 e. The summed E-state index contributed by atoms with van der Waals surface area (Å²) >= 11 is 2.89. The maximum Gasteiger partial charge on any atom is 0.408 e. The zero-order valence-electron chi connectivity index (χ0n) is 71.0. The van der Waals surface area contributed by atoms with Crippen molar-refractivity contribution in [3.8, 4) is 24.3 Å². The lowest BCUT2D eigenvalue weighted by Gasteiger charge is -2.23. The summed E-state index contributed by atoms with van der Waals surface area (Å²) in [4.78, 5) is 172. The van der Waals surface area contributed by atoms with E-state index in [2.05, 4.69) is 87.5 Å². The number of nitrogens with zero attached hydrogens (tertiary/aromatic N) is 4. The van der Waals surface area contributed by atoms with Crippen LogP contribution in [0.2, 0.25) is 0 Å². The Hall–Kier alpha value is -10.3. The van der Waals surface area contributed by atoms with Crippen molar-refractivity contribution in [3.63, 3.8) is 0 Å². The molecule has 4 rings (SSSR count). The molecule has 0 radical (unpaired) electrons. The van der Waals surface area contributed by atoms with E-state index in [9.17, 15) is 71.9 Å². The normalized spacial score (nSPS) is 17.1. The number of nitrogens with two attached hydrogens (primary N) is 2. The second-order valence-corrected chi connectivity index (χ2v) is 30.7. The molecule has 4 saturated heterocycles. The Kier molecular flexibility index (Phi) is 61.3. The number of primary amides is 1. The van der Waals surface area contributed by atoms with Crippen molar-refractivity contribution >= 4 is 118 Å². The molecule has 4 fully saturated rings. The summed E-state index contributed by atoms with van der Waals surface area (Å²) in [6, 6.07) is 2.53. The second kappa shape index (κ2) is 61.1. The number of methoxy groups -OCH3 is 5. The van der Waals surface area contributed by atoms with E-state index in [1.807, 2.05) is 24.3 Å². The number of nitrogens with one attached hydrogen (secondary N) is 9. The van der Waals surface area contributed by atoms with Gasteiger partial charge in [-0.25, -0.2) is 38.4 Å². The standard InChI is InChI=1S/C14H22N2O6.C13H22N2O5.C12H21N3O4.C12H19N3O3.C12H21NO6.C7H11N3O.C2H2BrN.CH4O.ClH.H3N/c1-14(2,3)22-13(19)16-10(12(18)21-5)8-9(6-7-15)11(17)20-4;1-13(2,3)20-12(18)15-9(11(17)19-4)7-8-5-6-14-10(8)16;1-12(2,3)19-11(18)15-8(9(13)16)6-7-4-5-14-10(7)17;1-12(2,3)18-11(17)15-9(7-13)6-8-4-5-14-10(8)16;1-12(2,3)19-11(16)13-8(10(15)18-5)6-7-9(14)17-4;8-4-6(9)3-5-1-2-10-7(5)11;3-1-2-4;1-2;;/h9-10H,6,8H2,1-5H3,(H,16,19);8-9H,5-7H2,1-4H3,(H,14,16)(H,15,18);7-8H,4-6H2,1-3H3,(H2,13,16)(H,14,17)(H,15,18);8-9H,4-6H2,1-3H3,(H,14,16)(H,15,17);8H,6-7H2,1-5H3,(H,13,16);5-6H,1-3,9H2,(H,10,11);1H2;2H,1H3;1H;1H3/t9-,10-;8-,9?;7-,8?;8-,9?;8-;5-,6?;;;;/m000000..../s1. The van der Waals surface area contributed by atoms with Crippen LogP contribution in [0.15, 0.2) is 0 Å². The van der Waals surface area contributed by atoms with E-state index in [1.165, 1.54) is 28.4 Å². The molecule has 4 heterocycles. The number of alkyl halides is 1. The summed E-state index contributed by atoms with van der Waals surface area (Å²) in [7, 11) is 7.02. The van der Waals surface area contributed by atoms with Gasteiger partial charge in [-0.05, 0) is 168 Å². The molecule has 10 amide bonds. The van der Waals surface area contributed by atoms with Crippen LogP contribution in [0.25, 0.3) is 0 Å². The molecule has 0 saturated carbocycles. The van der Waals surface area contributed by atoms with Crippen molar-refractivity contribution in [2.45, 2.75) is 245 Å². The summed E-state index contributed by atoms with van der Waals surface area (Å²) in [5, 5.41) is 63.9. The van der Waals surface area contributed by atoms with Crippen LogP contribution < -0.4 is 65.5 Å². The van der Waals surface area contributed by atoms with Gasteiger partial charge in [0.15, 0.2) is 0 Å². The lowest BCUT2D eigenvalue weighted by Crippen LogP contribution is -2.47. The maximum atomic E-state index is 11.7. The number of hydrogen-bond acceptors (Lipinski definition) is 32. The Morgan fingerprint density at radius 1 is 0.453 bits per heavy atom. The molecule has 668 valence electrons. The molecule has 42 nitrogen and oxygen atoms in total. The topological polar surface area (TPSA) is 659 Å². The van der Waals surface area contributed by atoms with Gasteiger partial charge in [-0.2, -0.15) is 21.0 Å². The Morgan fingerprint density at radius 2 is 0.744 bits per heavy atom. The average molecular weight is 1760 g/mol. The van der Waals surface area contributed by atoms with Crippen LogP contribution in [-0.4, -0.2) is 233 Å². The third-order valence-electron chi connectivity index (χ3n) is 14.6. The van der Waals surface area contributed by atoms with Crippen LogP contribution in [0.5, 0.6) is 0 Å². The minimum atomic E-state index is -1.11. The van der Waals surface area contributed by atoms with Crippen molar-refractivity contribution in [1.29, 1.82) is 21.0 Å². The zero-order valence-corrected chi connectivity index (χ0v) is 73.4. The third-order valence-corrected chi connectivity index (χ3v) is 14.9. The molecule has 17 N–H and O–H groups in total. The van der Waals surface area contributed by atoms with Crippen LogP contribution >= 0.6 is 28.3 Å². The van der Waals surface area contributed by atoms with Gasteiger partial charge in [0, 0.05) is 69.8 Å². The number of nitriles is 4. The SMILES string of the molecule is CC(C)(C)OC(=O)NC(C#N)C[C@@H]1CCNC1=O.CC(C)(C)OC(=O)NC(C[C@@H]1CCNC1=O)C(N)=O.CO.COC(=O)C(C[C@@H]1CCNC1=O)NC(=O)OC(C)(C)C.COC(=O)CC[C@H](NC(=O)OC(C)(C)C)C(=O)OC.COC(=O)[C@@H](CC#N)C[C@H](NC(=O)OC(C)(C)C)C(=O)OC.Cl.N.N#CC(N)C[C@@H]1CCNC1=O.N#CCBr. The van der Waals surface area contributed by atoms with Crippen LogP contribution in [-0.2, 0) is 95.3 Å². The smallest absolute Gasteiger partial charge is 0.408 e. The van der Waals surface area contributed by atoms with Crippen molar-refractivity contribution < 1.29 is 124 Å². The fourth-order valence-electron chi connectivity index (χ4n) is 9.62. The van der Waals surface area contributed by atoms with Crippen molar-refractivity contribution in [2.75, 3.05) is 74.2 Å². The quantitative estimate of drug-likeness (QED) is 0.0369. The Morgan fingerprint density at radius 3 is 1.03 bits per heavy atom. The summed E-state index contributed by atoms with van der Waals surface area (Å²) in [5.74, 6) is -5.68. The minimum absolute atomic E-state index is 0. The number of rotatable bonds is 24. The van der Waals surface area contributed by atoms with Gasteiger partial charge in [0.1, 0.15) is 58.2 Å². The first kappa shape index (κ1) is 118. The lowest BCUT2D eigenvalue weighted by molar-refractivity contribution is -0.148. The summed E-state index contributed by atoms with van der Waals surface area (Å²) in [5.41, 5.74) is 7.28. The maximum absolute atomic E-state index is 11.7. The number of esters is 5. The molecule has 4 unspecified atom stereocenters. The molecule has 0 aliphatic carbocycles. The number of amides is 10. The fraction of sp³-hybridized carbons (Fsp3) is 0.740. The molecule has 4 aliphatic heterocycles. The molecule has 44 heteroatoms. The first-order chi connectivity index (χ1) is 53.2. The van der Waals surface area contributed by atoms with Crippen molar-refractivity contribution in [3.05, 3.63) is 0 Å². The van der Waals surface area contributed by atoms with Crippen molar-refractivity contribution in [2.24, 2.45) is 41.1 Å². The number of carbonyl (C=O) groups excluding carboxylic acids is 15. The molecule has 4 aliphatic rings. The molecule has 0 aromatic heterocycles. The van der Waals surface area contributed by atoms with Gasteiger partial charge in [0.2, 0.25) is 29.5 Å². The summed E-state index contributed by atoms with van der Waals surface area (Å²) < 4.78 is 48.1. The van der Waals surface area contributed by atoms with E-state index in [1.54, 1.807) is 104 Å². The number of halogens is 2. The lowest BCUT2D eigenvalue weighted by atomic mass is 9.97. The highest BCUT2D eigenvalue weighted by molar-refractivity contribution is 9.09. The molecule has 0 spiro atoms. The highest BCUT2D eigenvalue weighted by Gasteiger charge is 2.37. The number of hydrogen-bond donors (Lipinski definition) is 13. The Bertz CT molecular complexity index is 3320. The van der Waals surface area contributed by atoms with Gasteiger partial charge >= 0.3 is 60.3 Å². The van der Waals surface area contributed by atoms with Gasteiger partial charge in [-0.3, -0.25) is 33.6 Å². The van der Waals surface area contributed by atoms with Crippen molar-refractivity contribution in [1.82, 2.24) is 54.0 Å². The van der Waals surface area contributed by atoms with E-state index < -0.39 is 136 Å². The van der Waals surface area contributed by atoms with Crippen LogP contribution in [0.1, 0.15) is 181 Å². The molecular weight excluding hydrogens is 1630 g/mol. The number of carbonyl (C=O) groups is 15. The number of alkyl carbamates (subject to hydrolysis) is 5. The Balaban J connectivity index is -0.000000312. The molecule has 11 atom stereocenters. The molecular formula is C73H126BrClN16O26. The van der Waals surface area contributed by atoms with Crippen LogP contribution in [0.4, 0.5) is 24.0 Å². The zero-order chi connectivity index (χ0) is 89.8. The van der Waals surface area contributed by atoms with Gasteiger partial charge in [0.25, 0.3) is 0 Å². The summed E-state index contributed by atoms with van der Waals surface area (Å²) in [6.07, 6.45) is 0.210. The van der Waals surface area contributed by atoms with E-state index in [0.717, 1.165) is 27.2 Å². The molecule has 0 bridgehead atoms. The van der Waals surface area contributed by atoms with Gasteiger partial charge in [0.05, 0.1) is 77.1 Å². The van der Waals surface area contributed by atoms with Gasteiger partial charge < -0.3 is 118 Å². The summed E-state index contributed by atoms with van der Waals surface area (Å²) in [6.45, 7) is 28.2. The van der Waals surface area contributed by atoms with E-state index in [0.29, 0.717) is 57.1 Å². The molecule has 117 heavy (non-hydrogen) atoms. The Labute approximate surface area is 699 Å². The second-order valence-electron chi connectivity index (χ2n) is 30.1. The molecule has 0 aromatic carbocycles. The van der Waals surface area contributed by atoms with Gasteiger partial charge in [-0.15, -0.1) is 12.4 Å². The fourth-order valence-corrected chi connectivity index (χ4v) is 9.62. The predicted molar refractivity (Wildman–Crippen MR) is 425 cm³/mol. The van der Waals surface area contributed by atoms with E-state index in [-0.39, 0.29) is 104 Å². The monoisotopic (exact) mass is 1760 g/mol.